The number of nitrogens with zero attached hydrogens (tertiary/aromatic N) is 1. The third-order valence-corrected chi connectivity index (χ3v) is 5.02. The molecule has 1 saturated heterocycles. The summed E-state index contributed by atoms with van der Waals surface area (Å²) in [7, 11) is 1.85. The van der Waals surface area contributed by atoms with Crippen molar-refractivity contribution in [2.45, 2.75) is 58.0 Å². The Morgan fingerprint density at radius 2 is 1.89 bits per heavy atom. The third kappa shape index (κ3) is 4.44. The number of piperidine rings is 1. The van der Waals surface area contributed by atoms with Gasteiger partial charge in [0.15, 0.2) is 0 Å². The summed E-state index contributed by atoms with van der Waals surface area (Å²) >= 11 is 0. The molecule has 1 N–H and O–H groups in total. The van der Waals surface area contributed by atoms with Crippen LogP contribution in [0.3, 0.4) is 0 Å². The average Bonchev–Trinajstić information content (AvgIpc) is 2.89. The van der Waals surface area contributed by atoms with E-state index in [1.807, 2.05) is 7.11 Å². The largest absolute Gasteiger partial charge is 0.381 e. The minimum atomic E-state index is 0.508. The molecule has 19 heavy (non-hydrogen) atoms. The molecule has 1 heterocycles. The van der Waals surface area contributed by atoms with Crippen LogP contribution in [0.15, 0.2) is 0 Å². The van der Waals surface area contributed by atoms with Crippen molar-refractivity contribution in [1.29, 1.82) is 0 Å². The fraction of sp³-hybridized carbons (Fsp3) is 1.00. The number of rotatable bonds is 7. The normalized spacial score (nSPS) is 24.9. The van der Waals surface area contributed by atoms with Gasteiger partial charge in [-0.1, -0.05) is 19.8 Å². The molecule has 2 rings (SSSR count). The van der Waals surface area contributed by atoms with Gasteiger partial charge in [-0.15, -0.1) is 0 Å². The lowest BCUT2D eigenvalue weighted by atomic mass is 9.84. The first-order valence-corrected chi connectivity index (χ1v) is 8.24. The summed E-state index contributed by atoms with van der Waals surface area (Å²) in [4.78, 5) is 2.69. The van der Waals surface area contributed by atoms with E-state index in [-0.39, 0.29) is 0 Å². The number of hydrogen-bond donors (Lipinski definition) is 1. The smallest absolute Gasteiger partial charge is 0.0595 e. The van der Waals surface area contributed by atoms with Gasteiger partial charge >= 0.3 is 0 Å². The van der Waals surface area contributed by atoms with Crippen LogP contribution in [-0.4, -0.2) is 50.8 Å². The first-order valence-electron chi connectivity index (χ1n) is 8.24. The molecule has 1 saturated carbocycles. The molecule has 0 aromatic carbocycles. The van der Waals surface area contributed by atoms with E-state index in [0.29, 0.717) is 11.5 Å². The Labute approximate surface area is 119 Å². The van der Waals surface area contributed by atoms with Crippen molar-refractivity contribution in [3.8, 4) is 0 Å². The van der Waals surface area contributed by atoms with Gasteiger partial charge in [0.05, 0.1) is 6.10 Å². The van der Waals surface area contributed by atoms with Gasteiger partial charge in [-0.05, 0) is 44.1 Å². The lowest BCUT2D eigenvalue weighted by molar-refractivity contribution is 0.0264. The Balaban J connectivity index is 1.80. The molecule has 1 aliphatic carbocycles. The molecule has 0 aromatic heterocycles. The lowest BCUT2D eigenvalue weighted by Crippen LogP contribution is -2.46. The maximum absolute atomic E-state index is 5.48. The van der Waals surface area contributed by atoms with Crippen LogP contribution in [0.2, 0.25) is 0 Å². The molecule has 0 bridgehead atoms. The molecule has 112 valence electrons. The van der Waals surface area contributed by atoms with Gasteiger partial charge in [-0.25, -0.2) is 0 Å². The molecule has 3 nitrogen and oxygen atoms in total. The number of methoxy groups -OCH3 is 1. The summed E-state index contributed by atoms with van der Waals surface area (Å²) < 4.78 is 5.48. The Bertz CT molecular complexity index is 243. The first-order chi connectivity index (χ1) is 9.28. The van der Waals surface area contributed by atoms with E-state index >= 15 is 0 Å². The van der Waals surface area contributed by atoms with Gasteiger partial charge in [0.1, 0.15) is 0 Å². The fourth-order valence-electron chi connectivity index (χ4n) is 3.82. The van der Waals surface area contributed by atoms with Crippen LogP contribution in [0.5, 0.6) is 0 Å². The monoisotopic (exact) mass is 268 g/mol. The van der Waals surface area contributed by atoms with Gasteiger partial charge in [-0.2, -0.15) is 0 Å². The average molecular weight is 268 g/mol. The fourth-order valence-corrected chi connectivity index (χ4v) is 3.82. The summed E-state index contributed by atoms with van der Waals surface area (Å²) in [6.07, 6.45) is 9.90. The molecule has 0 unspecified atom stereocenters. The molecule has 0 radical (unpaired) electrons. The molecule has 3 heteroatoms. The van der Waals surface area contributed by atoms with Crippen molar-refractivity contribution in [2.24, 2.45) is 5.41 Å². The Hall–Kier alpha value is -0.120. The number of nitrogens with one attached hydrogen (secondary N) is 1. The molecule has 0 atom stereocenters. The summed E-state index contributed by atoms with van der Waals surface area (Å²) in [6.45, 7) is 8.42. The Morgan fingerprint density at radius 1 is 1.21 bits per heavy atom. The van der Waals surface area contributed by atoms with Crippen LogP contribution in [0.25, 0.3) is 0 Å². The highest BCUT2D eigenvalue weighted by Crippen LogP contribution is 2.38. The number of likely N-dealkylation sites (tertiary alicyclic amines) is 1. The van der Waals surface area contributed by atoms with E-state index < -0.39 is 0 Å². The van der Waals surface area contributed by atoms with E-state index in [1.54, 1.807) is 0 Å². The SMILES string of the molecule is CCCNCC1(CN2CCC(OC)CC2)CCCC1. The molecular weight excluding hydrogens is 236 g/mol. The summed E-state index contributed by atoms with van der Waals surface area (Å²) in [6, 6.07) is 0. The molecular formula is C16H32N2O. The van der Waals surface area contributed by atoms with Gasteiger partial charge in [0.2, 0.25) is 0 Å². The van der Waals surface area contributed by atoms with Crippen LogP contribution in [0.1, 0.15) is 51.9 Å². The standard InChI is InChI=1S/C16H32N2O/c1-3-10-17-13-16(8-4-5-9-16)14-18-11-6-15(19-2)7-12-18/h15,17H,3-14H2,1-2H3. The van der Waals surface area contributed by atoms with Crippen molar-refractivity contribution in [3.63, 3.8) is 0 Å². The van der Waals surface area contributed by atoms with E-state index in [9.17, 15) is 0 Å². The van der Waals surface area contributed by atoms with Crippen LogP contribution in [0.4, 0.5) is 0 Å². The Kier molecular flexibility index (Phi) is 6.11. The second kappa shape index (κ2) is 7.61. The molecule has 1 aliphatic heterocycles. The number of hydrogen-bond acceptors (Lipinski definition) is 3. The zero-order valence-electron chi connectivity index (χ0n) is 12.9. The van der Waals surface area contributed by atoms with Crippen molar-refractivity contribution >= 4 is 0 Å². The van der Waals surface area contributed by atoms with E-state index in [0.717, 1.165) is 0 Å². The second-order valence-electron chi connectivity index (χ2n) is 6.60. The van der Waals surface area contributed by atoms with Gasteiger partial charge in [0, 0.05) is 33.3 Å². The highest BCUT2D eigenvalue weighted by Gasteiger charge is 2.35. The van der Waals surface area contributed by atoms with Crippen LogP contribution >= 0.6 is 0 Å². The molecule has 2 fully saturated rings. The maximum Gasteiger partial charge on any atom is 0.0595 e. The highest BCUT2D eigenvalue weighted by atomic mass is 16.5. The van der Waals surface area contributed by atoms with E-state index in [4.69, 9.17) is 4.74 Å². The quantitative estimate of drug-likeness (QED) is 0.718. The minimum Gasteiger partial charge on any atom is -0.381 e. The van der Waals surface area contributed by atoms with Gasteiger partial charge < -0.3 is 15.0 Å². The van der Waals surface area contributed by atoms with Crippen molar-refractivity contribution < 1.29 is 4.74 Å². The lowest BCUT2D eigenvalue weighted by Gasteiger charge is -2.39. The molecule has 0 amide bonds. The van der Waals surface area contributed by atoms with Crippen molar-refractivity contribution in [2.75, 3.05) is 39.8 Å². The molecule has 0 spiro atoms. The highest BCUT2D eigenvalue weighted by molar-refractivity contribution is 4.90. The topological polar surface area (TPSA) is 24.5 Å². The summed E-state index contributed by atoms with van der Waals surface area (Å²) in [5, 5.41) is 3.68. The second-order valence-corrected chi connectivity index (χ2v) is 6.60. The minimum absolute atomic E-state index is 0.508. The van der Waals surface area contributed by atoms with Crippen molar-refractivity contribution in [1.82, 2.24) is 10.2 Å². The van der Waals surface area contributed by atoms with Crippen LogP contribution < -0.4 is 5.32 Å². The molecule has 0 aromatic rings. The van der Waals surface area contributed by atoms with E-state index in [2.05, 4.69) is 17.1 Å². The zero-order chi connectivity index (χ0) is 13.6. The van der Waals surface area contributed by atoms with Crippen LogP contribution in [0, 0.1) is 5.41 Å². The van der Waals surface area contributed by atoms with E-state index in [1.165, 1.54) is 77.7 Å². The number of ether oxygens (including phenoxy) is 1. The third-order valence-electron chi connectivity index (χ3n) is 5.02. The summed E-state index contributed by atoms with van der Waals surface area (Å²) in [5.74, 6) is 0. The van der Waals surface area contributed by atoms with Crippen molar-refractivity contribution in [3.05, 3.63) is 0 Å². The zero-order valence-corrected chi connectivity index (χ0v) is 12.9. The maximum atomic E-state index is 5.48. The summed E-state index contributed by atoms with van der Waals surface area (Å²) in [5.41, 5.74) is 0.565. The predicted molar refractivity (Wildman–Crippen MR) is 80.5 cm³/mol. The van der Waals surface area contributed by atoms with Gasteiger partial charge in [0.25, 0.3) is 0 Å². The first kappa shape index (κ1) is 15.3. The predicted octanol–water partition coefficient (Wildman–Crippen LogP) is 2.66. The molecule has 2 aliphatic rings. The van der Waals surface area contributed by atoms with Crippen LogP contribution in [-0.2, 0) is 4.74 Å². The van der Waals surface area contributed by atoms with Gasteiger partial charge in [-0.3, -0.25) is 0 Å². The Morgan fingerprint density at radius 3 is 2.47 bits per heavy atom.